The Kier molecular flexibility index (Phi) is 4.67. The molecule has 0 aromatic carbocycles. The van der Waals surface area contributed by atoms with Gasteiger partial charge in [-0.3, -0.25) is 4.55 Å². The quantitative estimate of drug-likeness (QED) is 0.787. The molecule has 4 unspecified atom stereocenters. The second kappa shape index (κ2) is 5.74. The number of alkyl halides is 2. The Bertz CT molecular complexity index is 475. The molecule has 4 atom stereocenters. The molecule has 0 saturated heterocycles. The molecule has 0 heterocycles. The molecule has 4 nitrogen and oxygen atoms in total. The van der Waals surface area contributed by atoms with E-state index in [9.17, 15) is 17.2 Å². The highest BCUT2D eigenvalue weighted by molar-refractivity contribution is 7.86. The van der Waals surface area contributed by atoms with Crippen molar-refractivity contribution < 1.29 is 26.5 Å². The van der Waals surface area contributed by atoms with Gasteiger partial charge in [0.1, 0.15) is 6.61 Å². The van der Waals surface area contributed by atoms with Crippen LogP contribution in [0.15, 0.2) is 0 Å². The van der Waals surface area contributed by atoms with Gasteiger partial charge >= 0.3 is 15.4 Å². The largest absolute Gasteiger partial charge is 0.392 e. The Balaban J connectivity index is 1.85. The van der Waals surface area contributed by atoms with Gasteiger partial charge in [-0.15, -0.1) is 0 Å². The Morgan fingerprint density at radius 1 is 1.29 bits per heavy atom. The minimum absolute atomic E-state index is 0.131. The number of hydrogen-bond donors (Lipinski definition) is 1. The van der Waals surface area contributed by atoms with Crippen LogP contribution in [0, 0.1) is 23.2 Å². The van der Waals surface area contributed by atoms with Crippen LogP contribution >= 0.6 is 0 Å². The maximum atomic E-state index is 13.1. The van der Waals surface area contributed by atoms with Crippen molar-refractivity contribution in [2.75, 3.05) is 13.2 Å². The van der Waals surface area contributed by atoms with E-state index >= 15 is 0 Å². The molecule has 2 saturated carbocycles. The minimum atomic E-state index is -5.40. The first-order chi connectivity index (χ1) is 9.51. The summed E-state index contributed by atoms with van der Waals surface area (Å²) in [5.74, 6) is 1.51. The van der Waals surface area contributed by atoms with Gasteiger partial charge in [-0.1, -0.05) is 13.8 Å². The van der Waals surface area contributed by atoms with E-state index in [2.05, 4.69) is 13.8 Å². The molecule has 0 aromatic heterocycles. The Morgan fingerprint density at radius 2 is 1.95 bits per heavy atom. The minimum Gasteiger partial charge on any atom is -0.374 e. The third-order valence-corrected chi connectivity index (χ3v) is 5.68. The van der Waals surface area contributed by atoms with Gasteiger partial charge in [-0.2, -0.15) is 17.2 Å². The van der Waals surface area contributed by atoms with Gasteiger partial charge < -0.3 is 4.74 Å². The molecule has 21 heavy (non-hydrogen) atoms. The average molecular weight is 326 g/mol. The number of hydrogen-bond acceptors (Lipinski definition) is 3. The summed E-state index contributed by atoms with van der Waals surface area (Å²) in [5.41, 5.74) is 0.250. The Hall–Kier alpha value is -0.270. The number of rotatable bonds is 5. The zero-order valence-corrected chi connectivity index (χ0v) is 13.3. The highest BCUT2D eigenvalue weighted by Gasteiger charge is 2.45. The maximum Gasteiger partial charge on any atom is 0.392 e. The maximum absolute atomic E-state index is 13.1. The summed E-state index contributed by atoms with van der Waals surface area (Å²) in [6.45, 7) is 3.36. The van der Waals surface area contributed by atoms with Crippen LogP contribution in [0.1, 0.15) is 46.0 Å². The van der Waals surface area contributed by atoms with Gasteiger partial charge in [-0.05, 0) is 55.3 Å². The second-order valence-corrected chi connectivity index (χ2v) is 8.91. The highest BCUT2D eigenvalue weighted by Crippen LogP contribution is 2.52. The summed E-state index contributed by atoms with van der Waals surface area (Å²) in [6.07, 6.45) is 5.41. The summed E-state index contributed by atoms with van der Waals surface area (Å²) in [4.78, 5) is 0. The van der Waals surface area contributed by atoms with Crippen molar-refractivity contribution in [2.45, 2.75) is 51.2 Å². The molecule has 0 aromatic rings. The molecular weight excluding hydrogens is 302 g/mol. The van der Waals surface area contributed by atoms with Crippen LogP contribution in [0.5, 0.6) is 0 Å². The summed E-state index contributed by atoms with van der Waals surface area (Å²) >= 11 is 0. The van der Waals surface area contributed by atoms with Gasteiger partial charge in [0, 0.05) is 6.61 Å². The van der Waals surface area contributed by atoms with Crippen molar-refractivity contribution in [3.05, 3.63) is 0 Å². The number of halogens is 2. The standard InChI is InChI=1S/C14H24F2O4S/c1-10-3-11-4-12(7-13(2,5-10)6-11)8-20-9-14(15,16)21(17,18)19/h10-12H,3-9H2,1-2H3,(H,17,18,19). The average Bonchev–Trinajstić information content (AvgIpc) is 2.23. The second-order valence-electron chi connectivity index (χ2n) is 7.36. The van der Waals surface area contributed by atoms with Crippen molar-refractivity contribution in [3.63, 3.8) is 0 Å². The fourth-order valence-electron chi connectivity index (χ4n) is 4.50. The van der Waals surface area contributed by atoms with Crippen molar-refractivity contribution in [1.82, 2.24) is 0 Å². The molecule has 2 fully saturated rings. The SMILES string of the molecule is CC1CC2CC(COCC(F)(F)S(=O)(=O)O)CC(C)(C1)C2. The van der Waals surface area contributed by atoms with E-state index in [1.165, 1.54) is 12.8 Å². The first-order valence-electron chi connectivity index (χ1n) is 7.43. The first kappa shape index (κ1) is 17.1. The van der Waals surface area contributed by atoms with Crippen LogP contribution in [-0.4, -0.2) is 31.4 Å². The molecule has 0 radical (unpaired) electrons. The van der Waals surface area contributed by atoms with E-state index < -0.39 is 22.0 Å². The van der Waals surface area contributed by atoms with E-state index in [0.717, 1.165) is 19.3 Å². The fraction of sp³-hybridized carbons (Fsp3) is 1.00. The molecule has 2 rings (SSSR count). The lowest BCUT2D eigenvalue weighted by atomic mass is 9.57. The van der Waals surface area contributed by atoms with E-state index in [1.807, 2.05) is 0 Å². The van der Waals surface area contributed by atoms with E-state index in [0.29, 0.717) is 11.8 Å². The van der Waals surface area contributed by atoms with Gasteiger partial charge in [0.25, 0.3) is 0 Å². The smallest absolute Gasteiger partial charge is 0.374 e. The summed E-state index contributed by atoms with van der Waals surface area (Å²) in [5, 5.41) is -4.23. The molecule has 7 heteroatoms. The molecule has 2 bridgehead atoms. The van der Waals surface area contributed by atoms with Crippen molar-refractivity contribution in [3.8, 4) is 0 Å². The van der Waals surface area contributed by atoms with Gasteiger partial charge in [-0.25, -0.2) is 0 Å². The molecule has 2 aliphatic carbocycles. The Labute approximate surface area is 125 Å². The lowest BCUT2D eigenvalue weighted by molar-refractivity contribution is -0.0539. The van der Waals surface area contributed by atoms with E-state index in [4.69, 9.17) is 9.29 Å². The Morgan fingerprint density at radius 3 is 2.52 bits per heavy atom. The molecule has 0 amide bonds. The predicted molar refractivity (Wildman–Crippen MR) is 74.7 cm³/mol. The third kappa shape index (κ3) is 4.13. The fourth-order valence-corrected chi connectivity index (χ4v) is 4.73. The summed E-state index contributed by atoms with van der Waals surface area (Å²) < 4.78 is 60.5. The van der Waals surface area contributed by atoms with Gasteiger partial charge in [0.2, 0.25) is 0 Å². The molecule has 124 valence electrons. The molecular formula is C14H24F2O4S. The third-order valence-electron chi connectivity index (χ3n) is 4.81. The summed E-state index contributed by atoms with van der Waals surface area (Å²) in [7, 11) is -5.40. The van der Waals surface area contributed by atoms with Crippen molar-refractivity contribution in [2.24, 2.45) is 23.2 Å². The molecule has 0 spiro atoms. The van der Waals surface area contributed by atoms with Gasteiger partial charge in [0.05, 0.1) is 0 Å². The van der Waals surface area contributed by atoms with Crippen molar-refractivity contribution >= 4 is 10.1 Å². The van der Waals surface area contributed by atoms with Crippen LogP contribution in [0.2, 0.25) is 0 Å². The lowest BCUT2D eigenvalue weighted by Gasteiger charge is -2.48. The topological polar surface area (TPSA) is 63.6 Å². The van der Waals surface area contributed by atoms with Crippen LogP contribution in [0.3, 0.4) is 0 Å². The van der Waals surface area contributed by atoms with E-state index in [1.54, 1.807) is 0 Å². The van der Waals surface area contributed by atoms with Crippen LogP contribution < -0.4 is 0 Å². The molecule has 1 N–H and O–H groups in total. The molecule has 0 aliphatic heterocycles. The number of ether oxygens (including phenoxy) is 1. The lowest BCUT2D eigenvalue weighted by Crippen LogP contribution is -2.40. The zero-order valence-electron chi connectivity index (χ0n) is 12.5. The number of fused-ring (bicyclic) bond motifs is 2. The van der Waals surface area contributed by atoms with Gasteiger partial charge in [0.15, 0.2) is 0 Å². The van der Waals surface area contributed by atoms with Crippen molar-refractivity contribution in [1.29, 1.82) is 0 Å². The first-order valence-corrected chi connectivity index (χ1v) is 8.87. The zero-order chi connectivity index (χ0) is 15.9. The highest BCUT2D eigenvalue weighted by atomic mass is 32.2. The normalized spacial score (nSPS) is 37.5. The van der Waals surface area contributed by atoms with Crippen LogP contribution in [-0.2, 0) is 14.9 Å². The van der Waals surface area contributed by atoms with Crippen LogP contribution in [0.4, 0.5) is 8.78 Å². The van der Waals surface area contributed by atoms with E-state index in [-0.39, 0.29) is 17.9 Å². The van der Waals surface area contributed by atoms with Crippen LogP contribution in [0.25, 0.3) is 0 Å². The predicted octanol–water partition coefficient (Wildman–Crippen LogP) is 3.34. The molecule has 2 aliphatic rings. The monoisotopic (exact) mass is 326 g/mol. The summed E-state index contributed by atoms with van der Waals surface area (Å²) in [6, 6.07) is 0.